The maximum atomic E-state index is 4.52. The summed E-state index contributed by atoms with van der Waals surface area (Å²) >= 11 is 0. The molecular weight excluding hydrogens is 222 g/mol. The van der Waals surface area contributed by atoms with Crippen LogP contribution in [-0.2, 0) is 6.54 Å². The van der Waals surface area contributed by atoms with Crippen molar-refractivity contribution < 1.29 is 0 Å². The van der Waals surface area contributed by atoms with E-state index in [4.69, 9.17) is 0 Å². The Kier molecular flexibility index (Phi) is 3.82. The molecule has 3 nitrogen and oxygen atoms in total. The standard InChI is InChI=1S/C15H21N3/c1-5-16-9-14-10-17-18(13(14)4)15-8-6-7-11(2)12(15)3/h6-8,10,16H,5,9H2,1-4H3. The minimum absolute atomic E-state index is 0.882. The van der Waals surface area contributed by atoms with E-state index in [9.17, 15) is 0 Å². The van der Waals surface area contributed by atoms with Gasteiger partial charge in [-0.25, -0.2) is 4.68 Å². The van der Waals surface area contributed by atoms with Crippen molar-refractivity contribution >= 4 is 0 Å². The summed E-state index contributed by atoms with van der Waals surface area (Å²) in [6.45, 7) is 10.4. The number of benzene rings is 1. The first kappa shape index (κ1) is 12.8. The van der Waals surface area contributed by atoms with Gasteiger partial charge in [-0.2, -0.15) is 5.10 Å². The quantitative estimate of drug-likeness (QED) is 0.895. The van der Waals surface area contributed by atoms with Gasteiger partial charge in [0.25, 0.3) is 0 Å². The molecule has 0 unspecified atom stereocenters. The lowest BCUT2D eigenvalue weighted by Crippen LogP contribution is -2.12. The molecule has 0 bridgehead atoms. The largest absolute Gasteiger partial charge is 0.313 e. The highest BCUT2D eigenvalue weighted by Crippen LogP contribution is 2.20. The van der Waals surface area contributed by atoms with Gasteiger partial charge in [0, 0.05) is 17.8 Å². The van der Waals surface area contributed by atoms with Gasteiger partial charge >= 0.3 is 0 Å². The summed E-state index contributed by atoms with van der Waals surface area (Å²) in [5.74, 6) is 0. The number of nitrogens with one attached hydrogen (secondary N) is 1. The lowest BCUT2D eigenvalue weighted by Gasteiger charge is -2.11. The Labute approximate surface area is 109 Å². The van der Waals surface area contributed by atoms with Crippen LogP contribution in [0.2, 0.25) is 0 Å². The van der Waals surface area contributed by atoms with Gasteiger partial charge in [-0.15, -0.1) is 0 Å². The molecule has 0 aliphatic rings. The molecular formula is C15H21N3. The molecule has 1 N–H and O–H groups in total. The normalized spacial score (nSPS) is 10.9. The average Bonchev–Trinajstić information content (AvgIpc) is 2.72. The number of nitrogens with zero attached hydrogens (tertiary/aromatic N) is 2. The molecule has 0 saturated carbocycles. The van der Waals surface area contributed by atoms with E-state index in [-0.39, 0.29) is 0 Å². The molecule has 0 aliphatic carbocycles. The summed E-state index contributed by atoms with van der Waals surface area (Å²) in [7, 11) is 0. The Morgan fingerprint density at radius 3 is 2.72 bits per heavy atom. The summed E-state index contributed by atoms with van der Waals surface area (Å²) in [5, 5.41) is 7.86. The van der Waals surface area contributed by atoms with E-state index in [1.807, 2.05) is 10.9 Å². The van der Waals surface area contributed by atoms with Crippen molar-refractivity contribution in [3.8, 4) is 5.69 Å². The second kappa shape index (κ2) is 5.36. The van der Waals surface area contributed by atoms with E-state index in [0.29, 0.717) is 0 Å². The van der Waals surface area contributed by atoms with Crippen LogP contribution in [0.5, 0.6) is 0 Å². The van der Waals surface area contributed by atoms with E-state index in [1.165, 1.54) is 28.1 Å². The van der Waals surface area contributed by atoms with Crippen LogP contribution < -0.4 is 5.32 Å². The van der Waals surface area contributed by atoms with Crippen LogP contribution in [0.25, 0.3) is 5.69 Å². The van der Waals surface area contributed by atoms with Crippen molar-refractivity contribution in [2.24, 2.45) is 0 Å². The fourth-order valence-corrected chi connectivity index (χ4v) is 2.08. The molecule has 0 fully saturated rings. The van der Waals surface area contributed by atoms with E-state index in [1.54, 1.807) is 0 Å². The Bertz CT molecular complexity index is 541. The van der Waals surface area contributed by atoms with Gasteiger partial charge in [0.15, 0.2) is 0 Å². The first-order valence-electron chi connectivity index (χ1n) is 6.46. The number of hydrogen-bond acceptors (Lipinski definition) is 2. The van der Waals surface area contributed by atoms with Gasteiger partial charge in [0.05, 0.1) is 11.9 Å². The smallest absolute Gasteiger partial charge is 0.0680 e. The number of rotatable bonds is 4. The van der Waals surface area contributed by atoms with Crippen LogP contribution >= 0.6 is 0 Å². The molecule has 0 atom stereocenters. The van der Waals surface area contributed by atoms with Crippen molar-refractivity contribution in [3.63, 3.8) is 0 Å². The van der Waals surface area contributed by atoms with Crippen molar-refractivity contribution in [2.45, 2.75) is 34.2 Å². The first-order valence-corrected chi connectivity index (χ1v) is 6.46. The molecule has 0 radical (unpaired) electrons. The summed E-state index contributed by atoms with van der Waals surface area (Å²) < 4.78 is 2.04. The number of aromatic nitrogens is 2. The van der Waals surface area contributed by atoms with Crippen molar-refractivity contribution in [1.29, 1.82) is 0 Å². The molecule has 0 amide bonds. The van der Waals surface area contributed by atoms with Crippen molar-refractivity contribution in [1.82, 2.24) is 15.1 Å². The van der Waals surface area contributed by atoms with Crippen LogP contribution in [0.1, 0.15) is 29.3 Å². The molecule has 96 valence electrons. The summed E-state index contributed by atoms with van der Waals surface area (Å²) in [4.78, 5) is 0. The van der Waals surface area contributed by atoms with Crippen molar-refractivity contribution in [3.05, 3.63) is 46.8 Å². The molecule has 1 aromatic carbocycles. The average molecular weight is 243 g/mol. The Balaban J connectivity index is 2.39. The minimum atomic E-state index is 0.882. The SMILES string of the molecule is CCNCc1cnn(-c2cccc(C)c2C)c1C. The third-order valence-electron chi connectivity index (χ3n) is 3.48. The predicted octanol–water partition coefficient (Wildman–Crippen LogP) is 2.91. The predicted molar refractivity (Wildman–Crippen MR) is 75.2 cm³/mol. The van der Waals surface area contributed by atoms with Crippen LogP contribution in [-0.4, -0.2) is 16.3 Å². The zero-order valence-electron chi connectivity index (χ0n) is 11.6. The molecule has 18 heavy (non-hydrogen) atoms. The van der Waals surface area contributed by atoms with Gasteiger partial charge in [0.1, 0.15) is 0 Å². The number of hydrogen-bond donors (Lipinski definition) is 1. The highest BCUT2D eigenvalue weighted by atomic mass is 15.3. The molecule has 0 spiro atoms. The van der Waals surface area contributed by atoms with Crippen LogP contribution in [0.3, 0.4) is 0 Å². The fourth-order valence-electron chi connectivity index (χ4n) is 2.08. The fraction of sp³-hybridized carbons (Fsp3) is 0.400. The van der Waals surface area contributed by atoms with E-state index in [0.717, 1.165) is 13.1 Å². The second-order valence-electron chi connectivity index (χ2n) is 4.67. The molecule has 3 heteroatoms. The number of aryl methyl sites for hydroxylation is 1. The van der Waals surface area contributed by atoms with Crippen LogP contribution in [0.15, 0.2) is 24.4 Å². The van der Waals surface area contributed by atoms with Gasteiger partial charge in [0.2, 0.25) is 0 Å². The van der Waals surface area contributed by atoms with Gasteiger partial charge in [-0.1, -0.05) is 19.1 Å². The highest BCUT2D eigenvalue weighted by Gasteiger charge is 2.10. The highest BCUT2D eigenvalue weighted by molar-refractivity contribution is 5.45. The zero-order chi connectivity index (χ0) is 13.1. The topological polar surface area (TPSA) is 29.9 Å². The Hall–Kier alpha value is -1.61. The summed E-state index contributed by atoms with van der Waals surface area (Å²) in [6, 6.07) is 6.35. The third-order valence-corrected chi connectivity index (χ3v) is 3.48. The van der Waals surface area contributed by atoms with E-state index >= 15 is 0 Å². The zero-order valence-corrected chi connectivity index (χ0v) is 11.6. The van der Waals surface area contributed by atoms with E-state index < -0.39 is 0 Å². The van der Waals surface area contributed by atoms with Gasteiger partial charge in [-0.3, -0.25) is 0 Å². The molecule has 0 saturated heterocycles. The minimum Gasteiger partial charge on any atom is -0.313 e. The summed E-state index contributed by atoms with van der Waals surface area (Å²) in [6.07, 6.45) is 1.96. The van der Waals surface area contributed by atoms with Crippen molar-refractivity contribution in [2.75, 3.05) is 6.54 Å². The van der Waals surface area contributed by atoms with Crippen LogP contribution in [0, 0.1) is 20.8 Å². The monoisotopic (exact) mass is 243 g/mol. The lowest BCUT2D eigenvalue weighted by molar-refractivity contribution is 0.721. The van der Waals surface area contributed by atoms with Gasteiger partial charge in [-0.05, 0) is 44.5 Å². The maximum absolute atomic E-state index is 4.52. The first-order chi connectivity index (χ1) is 8.65. The van der Waals surface area contributed by atoms with Crippen LogP contribution in [0.4, 0.5) is 0 Å². The third kappa shape index (κ3) is 2.31. The molecule has 1 heterocycles. The summed E-state index contributed by atoms with van der Waals surface area (Å²) in [5.41, 5.74) is 6.24. The second-order valence-corrected chi connectivity index (χ2v) is 4.67. The van der Waals surface area contributed by atoms with Gasteiger partial charge < -0.3 is 5.32 Å². The molecule has 2 aromatic rings. The Morgan fingerprint density at radius 2 is 2.00 bits per heavy atom. The molecule has 2 rings (SSSR count). The lowest BCUT2D eigenvalue weighted by atomic mass is 10.1. The molecule has 1 aromatic heterocycles. The Morgan fingerprint density at radius 1 is 1.22 bits per heavy atom. The van der Waals surface area contributed by atoms with E-state index in [2.05, 4.69) is 56.3 Å². The maximum Gasteiger partial charge on any atom is 0.0680 e. The molecule has 0 aliphatic heterocycles.